The largest absolute Gasteiger partial charge is 0.457 e. The van der Waals surface area contributed by atoms with Gasteiger partial charge in [-0.15, -0.1) is 0 Å². The van der Waals surface area contributed by atoms with E-state index in [0.717, 1.165) is 9.87 Å². The Morgan fingerprint density at radius 1 is 0.841 bits per heavy atom. The zero-order valence-corrected chi connectivity index (χ0v) is 26.9. The molecule has 8 nitrogen and oxygen atoms in total. The first-order valence-electron chi connectivity index (χ1n) is 13.9. The van der Waals surface area contributed by atoms with Gasteiger partial charge in [0, 0.05) is 29.2 Å². The van der Waals surface area contributed by atoms with Gasteiger partial charge in [0.25, 0.3) is 10.0 Å². The Hall–Kier alpha value is -4.05. The maximum absolute atomic E-state index is 14.1. The van der Waals surface area contributed by atoms with Crippen LogP contribution in [-0.4, -0.2) is 44.8 Å². The number of para-hydroxylation sites is 1. The zero-order chi connectivity index (χ0) is 31.9. The van der Waals surface area contributed by atoms with Crippen molar-refractivity contribution < 1.29 is 22.7 Å². The Balaban J connectivity index is 1.75. The summed E-state index contributed by atoms with van der Waals surface area (Å²) < 4.78 is 35.1. The van der Waals surface area contributed by atoms with Crippen molar-refractivity contribution in [2.24, 2.45) is 0 Å². The lowest BCUT2D eigenvalue weighted by Gasteiger charge is -2.33. The van der Waals surface area contributed by atoms with Gasteiger partial charge >= 0.3 is 0 Å². The normalized spacial score (nSPS) is 11.8. The first-order chi connectivity index (χ1) is 21.0. The molecule has 4 aromatic rings. The van der Waals surface area contributed by atoms with Gasteiger partial charge in [-0.05, 0) is 74.0 Å². The molecule has 1 atom stereocenters. The van der Waals surface area contributed by atoms with E-state index in [0.29, 0.717) is 27.1 Å². The van der Waals surface area contributed by atoms with Crippen molar-refractivity contribution in [2.45, 2.75) is 37.8 Å². The van der Waals surface area contributed by atoms with Gasteiger partial charge in [-0.3, -0.25) is 13.9 Å². The summed E-state index contributed by atoms with van der Waals surface area (Å²) in [6.07, 6.45) is 0.268. The van der Waals surface area contributed by atoms with Crippen molar-refractivity contribution >= 4 is 50.7 Å². The Morgan fingerprint density at radius 2 is 1.43 bits per heavy atom. The first kappa shape index (κ1) is 32.9. The van der Waals surface area contributed by atoms with Crippen LogP contribution >= 0.6 is 23.2 Å². The summed E-state index contributed by atoms with van der Waals surface area (Å²) in [5.74, 6) is 0.0870. The van der Waals surface area contributed by atoms with E-state index in [1.165, 1.54) is 24.1 Å². The topological polar surface area (TPSA) is 96.0 Å². The van der Waals surface area contributed by atoms with Crippen LogP contribution < -0.4 is 14.4 Å². The Bertz CT molecular complexity index is 1680. The molecule has 0 aliphatic rings. The van der Waals surface area contributed by atoms with Gasteiger partial charge in [0.05, 0.1) is 10.6 Å². The van der Waals surface area contributed by atoms with E-state index in [9.17, 15) is 18.0 Å². The first-order valence-corrected chi connectivity index (χ1v) is 16.1. The summed E-state index contributed by atoms with van der Waals surface area (Å²) in [5, 5.41) is 3.23. The lowest BCUT2D eigenvalue weighted by atomic mass is 10.1. The number of ether oxygens (including phenoxy) is 1. The molecule has 44 heavy (non-hydrogen) atoms. The molecule has 0 saturated heterocycles. The number of carbonyl (C=O) groups is 2. The number of sulfonamides is 1. The van der Waals surface area contributed by atoms with Crippen molar-refractivity contribution in [1.29, 1.82) is 0 Å². The summed E-state index contributed by atoms with van der Waals surface area (Å²) in [6, 6.07) is 26.0. The van der Waals surface area contributed by atoms with Gasteiger partial charge in [0.2, 0.25) is 11.8 Å². The number of nitrogens with one attached hydrogen (secondary N) is 1. The molecule has 0 unspecified atom stereocenters. The Morgan fingerprint density at radius 3 is 2.00 bits per heavy atom. The molecule has 0 saturated carbocycles. The average Bonchev–Trinajstić information content (AvgIpc) is 3.02. The molecule has 4 rings (SSSR count). The van der Waals surface area contributed by atoms with E-state index < -0.39 is 34.4 Å². The fourth-order valence-electron chi connectivity index (χ4n) is 4.61. The molecule has 230 valence electrons. The summed E-state index contributed by atoms with van der Waals surface area (Å²) in [7, 11) is -2.75. The average molecular weight is 655 g/mol. The lowest BCUT2D eigenvalue weighted by Crippen LogP contribution is -2.51. The van der Waals surface area contributed by atoms with Crippen LogP contribution in [0.3, 0.4) is 0 Å². The number of nitrogens with zero attached hydrogens (tertiary/aromatic N) is 2. The van der Waals surface area contributed by atoms with Gasteiger partial charge < -0.3 is 15.0 Å². The predicted octanol–water partition coefficient (Wildman–Crippen LogP) is 6.84. The van der Waals surface area contributed by atoms with Crippen molar-refractivity contribution in [3.63, 3.8) is 0 Å². The second-order valence-corrected chi connectivity index (χ2v) is 12.7. The SMILES string of the molecule is CC[C@H](C(=O)NC)N(Cc1c(Cl)cccc1Cl)C(=O)CN(c1ccc(Oc2ccccc2)cc1)S(=O)(=O)c1ccc(C)cc1. The highest BCUT2D eigenvalue weighted by Crippen LogP contribution is 2.30. The van der Waals surface area contributed by atoms with Gasteiger partial charge in [0.15, 0.2) is 0 Å². The smallest absolute Gasteiger partial charge is 0.264 e. The number of halogens is 2. The number of likely N-dealkylation sites (N-methyl/N-ethyl adjacent to an activating group) is 1. The minimum atomic E-state index is -4.23. The third kappa shape index (κ3) is 7.72. The standard InChI is InChI=1S/C33H33Cl2N3O5S/c1-4-31(33(40)36-3)37(21-28-29(34)11-8-12-30(28)35)32(39)22-38(44(41,42)27-19-13-23(2)14-20-27)24-15-17-26(18-16-24)43-25-9-6-5-7-10-25/h5-20,31H,4,21-22H2,1-3H3,(H,36,40)/t31-/m1/s1. The fourth-order valence-corrected chi connectivity index (χ4v) is 6.54. The van der Waals surface area contributed by atoms with E-state index in [2.05, 4.69) is 5.32 Å². The van der Waals surface area contributed by atoms with Crippen LogP contribution in [-0.2, 0) is 26.2 Å². The third-order valence-corrected chi connectivity index (χ3v) is 9.51. The maximum Gasteiger partial charge on any atom is 0.264 e. The molecule has 0 spiro atoms. The number of anilines is 1. The molecular formula is C33H33Cl2N3O5S. The fraction of sp³-hybridized carbons (Fsp3) is 0.212. The molecule has 0 fully saturated rings. The minimum Gasteiger partial charge on any atom is -0.457 e. The number of aryl methyl sites for hydroxylation is 1. The number of hydrogen-bond acceptors (Lipinski definition) is 5. The molecule has 1 N–H and O–H groups in total. The van der Waals surface area contributed by atoms with Crippen LogP contribution in [0, 0.1) is 6.92 Å². The van der Waals surface area contributed by atoms with Crippen molar-refractivity contribution in [1.82, 2.24) is 10.2 Å². The molecule has 0 heterocycles. The predicted molar refractivity (Wildman–Crippen MR) is 174 cm³/mol. The van der Waals surface area contributed by atoms with Crippen LogP contribution in [0.5, 0.6) is 11.5 Å². The van der Waals surface area contributed by atoms with Gasteiger partial charge in [-0.1, -0.05) is 72.1 Å². The van der Waals surface area contributed by atoms with Crippen LogP contribution in [0.1, 0.15) is 24.5 Å². The molecular weight excluding hydrogens is 621 g/mol. The zero-order valence-electron chi connectivity index (χ0n) is 24.5. The quantitative estimate of drug-likeness (QED) is 0.181. The van der Waals surface area contributed by atoms with E-state index in [-0.39, 0.29) is 23.5 Å². The van der Waals surface area contributed by atoms with E-state index in [1.54, 1.807) is 73.7 Å². The van der Waals surface area contributed by atoms with Crippen LogP contribution in [0.15, 0.2) is 102 Å². The van der Waals surface area contributed by atoms with E-state index in [4.69, 9.17) is 27.9 Å². The minimum absolute atomic E-state index is 0.0135. The van der Waals surface area contributed by atoms with Crippen molar-refractivity contribution in [3.8, 4) is 11.5 Å². The summed E-state index contributed by atoms with van der Waals surface area (Å²) in [5.41, 5.74) is 1.57. The molecule has 2 amide bonds. The second kappa shape index (κ2) is 14.6. The van der Waals surface area contributed by atoms with Crippen molar-refractivity contribution in [2.75, 3.05) is 17.9 Å². The van der Waals surface area contributed by atoms with E-state index in [1.807, 2.05) is 25.1 Å². The Labute approximate surface area is 268 Å². The summed E-state index contributed by atoms with van der Waals surface area (Å²) >= 11 is 12.9. The van der Waals surface area contributed by atoms with Crippen molar-refractivity contribution in [3.05, 3.63) is 118 Å². The number of benzene rings is 4. The molecule has 0 radical (unpaired) electrons. The number of rotatable bonds is 12. The Kier molecular flexibility index (Phi) is 10.9. The van der Waals surface area contributed by atoms with Gasteiger partial charge in [0.1, 0.15) is 24.1 Å². The van der Waals surface area contributed by atoms with Gasteiger partial charge in [-0.2, -0.15) is 0 Å². The highest BCUT2D eigenvalue weighted by molar-refractivity contribution is 7.92. The maximum atomic E-state index is 14.1. The van der Waals surface area contributed by atoms with Crippen LogP contribution in [0.25, 0.3) is 0 Å². The molecule has 0 bridgehead atoms. The third-order valence-electron chi connectivity index (χ3n) is 7.01. The molecule has 4 aromatic carbocycles. The lowest BCUT2D eigenvalue weighted by molar-refractivity contribution is -0.140. The highest BCUT2D eigenvalue weighted by Gasteiger charge is 2.34. The number of hydrogen-bond donors (Lipinski definition) is 1. The number of amides is 2. The molecule has 0 aromatic heterocycles. The second-order valence-electron chi connectivity index (χ2n) is 9.99. The van der Waals surface area contributed by atoms with Crippen LogP contribution in [0.2, 0.25) is 10.0 Å². The summed E-state index contributed by atoms with van der Waals surface area (Å²) in [6.45, 7) is 2.92. The monoisotopic (exact) mass is 653 g/mol. The van der Waals surface area contributed by atoms with E-state index >= 15 is 0 Å². The van der Waals surface area contributed by atoms with Gasteiger partial charge in [-0.25, -0.2) is 8.42 Å². The molecule has 11 heteroatoms. The number of carbonyl (C=O) groups excluding carboxylic acids is 2. The molecule has 0 aliphatic heterocycles. The summed E-state index contributed by atoms with van der Waals surface area (Å²) in [4.78, 5) is 28.4. The molecule has 0 aliphatic carbocycles. The van der Waals surface area contributed by atoms with Crippen LogP contribution in [0.4, 0.5) is 5.69 Å². The highest BCUT2D eigenvalue weighted by atomic mass is 35.5.